The largest absolute Gasteiger partial charge is 0.507 e. The van der Waals surface area contributed by atoms with E-state index in [0.29, 0.717) is 35.6 Å². The minimum absolute atomic E-state index is 0.211. The standard InChI is InChI=1S/C31H34N2O3/c34-28-12-11-22-17-25(20-7-2-1-3-8-20)31(35)36-30(22)26(28)19-33-14-6-9-21-15-23-16-24(29(21)33)18-32-13-5-4-10-27(23)32/h1-3,7-8,11-12,15,17,23-24,27,29,34H,4-6,9-10,13-14,16,18-19H2/t23-,24-,27?,29+/m0/s1. The molecule has 4 aliphatic rings. The number of benzene rings is 2. The van der Waals surface area contributed by atoms with Crippen molar-refractivity contribution in [2.45, 2.75) is 57.2 Å². The molecule has 0 radical (unpaired) electrons. The summed E-state index contributed by atoms with van der Waals surface area (Å²) in [5.74, 6) is 1.55. The fourth-order valence-electron chi connectivity index (χ4n) is 7.67. The number of likely N-dealkylation sites (tertiary alicyclic amines) is 1. The molecule has 4 heterocycles. The van der Waals surface area contributed by atoms with Gasteiger partial charge >= 0.3 is 5.63 Å². The van der Waals surface area contributed by atoms with Crippen molar-refractivity contribution in [1.82, 2.24) is 9.80 Å². The zero-order valence-corrected chi connectivity index (χ0v) is 20.7. The van der Waals surface area contributed by atoms with Crippen LogP contribution in [0.1, 0.15) is 44.1 Å². The molecule has 3 aliphatic heterocycles. The van der Waals surface area contributed by atoms with Crippen molar-refractivity contribution in [1.29, 1.82) is 0 Å². The van der Waals surface area contributed by atoms with Crippen molar-refractivity contribution in [3.05, 3.63) is 76.2 Å². The number of fused-ring (bicyclic) bond motifs is 7. The van der Waals surface area contributed by atoms with Gasteiger partial charge < -0.3 is 9.52 Å². The lowest BCUT2D eigenvalue weighted by Crippen LogP contribution is -2.59. The summed E-state index contributed by atoms with van der Waals surface area (Å²) in [4.78, 5) is 18.3. The van der Waals surface area contributed by atoms with Gasteiger partial charge in [-0.05, 0) is 80.8 Å². The van der Waals surface area contributed by atoms with Crippen molar-refractivity contribution < 1.29 is 9.52 Å². The molecular weight excluding hydrogens is 448 g/mol. The van der Waals surface area contributed by atoms with Gasteiger partial charge in [-0.25, -0.2) is 4.79 Å². The van der Waals surface area contributed by atoms with Crippen molar-refractivity contribution >= 4 is 11.0 Å². The molecule has 4 atom stereocenters. The van der Waals surface area contributed by atoms with Crippen LogP contribution in [-0.2, 0) is 6.54 Å². The highest BCUT2D eigenvalue weighted by atomic mass is 16.4. The molecule has 0 spiro atoms. The first kappa shape index (κ1) is 22.3. The number of piperidine rings is 3. The van der Waals surface area contributed by atoms with Crippen molar-refractivity contribution in [3.63, 3.8) is 0 Å². The maximum absolute atomic E-state index is 13.0. The number of hydrogen-bond donors (Lipinski definition) is 1. The van der Waals surface area contributed by atoms with E-state index in [2.05, 4.69) is 15.9 Å². The van der Waals surface area contributed by atoms with E-state index in [1.54, 1.807) is 11.6 Å². The Morgan fingerprint density at radius 1 is 1.03 bits per heavy atom. The predicted octanol–water partition coefficient (Wildman–Crippen LogP) is 5.56. The summed E-state index contributed by atoms with van der Waals surface area (Å²) in [6, 6.07) is 16.3. The first-order valence-electron chi connectivity index (χ1n) is 13.7. The van der Waals surface area contributed by atoms with Gasteiger partial charge in [-0.2, -0.15) is 0 Å². The molecule has 0 saturated carbocycles. The molecule has 1 aliphatic carbocycles. The second-order valence-electron chi connectivity index (χ2n) is 11.3. The van der Waals surface area contributed by atoms with Gasteiger partial charge in [0.2, 0.25) is 0 Å². The van der Waals surface area contributed by atoms with Crippen LogP contribution in [0, 0.1) is 11.8 Å². The quantitative estimate of drug-likeness (QED) is 0.391. The van der Waals surface area contributed by atoms with Crippen LogP contribution in [0.15, 0.2) is 69.4 Å². The average molecular weight is 483 g/mol. The minimum atomic E-state index is -0.358. The fraction of sp³-hybridized carbons (Fsp3) is 0.452. The Morgan fingerprint density at radius 3 is 2.81 bits per heavy atom. The van der Waals surface area contributed by atoms with Gasteiger partial charge in [-0.1, -0.05) is 48.4 Å². The molecule has 3 saturated heterocycles. The van der Waals surface area contributed by atoms with Crippen molar-refractivity contribution in [2.75, 3.05) is 19.6 Å². The fourth-order valence-corrected chi connectivity index (χ4v) is 7.67. The third-order valence-electron chi connectivity index (χ3n) is 9.19. The molecule has 7 rings (SSSR count). The highest BCUT2D eigenvalue weighted by molar-refractivity contribution is 5.85. The van der Waals surface area contributed by atoms with E-state index in [1.165, 1.54) is 45.2 Å². The highest BCUT2D eigenvalue weighted by Crippen LogP contribution is 2.45. The third-order valence-corrected chi connectivity index (χ3v) is 9.19. The topological polar surface area (TPSA) is 56.9 Å². The molecule has 1 N–H and O–H groups in total. The molecule has 1 unspecified atom stereocenters. The van der Waals surface area contributed by atoms with E-state index in [9.17, 15) is 9.90 Å². The lowest BCUT2D eigenvalue weighted by atomic mass is 9.68. The van der Waals surface area contributed by atoms with Crippen LogP contribution in [0.25, 0.3) is 22.1 Å². The molecule has 5 heteroatoms. The van der Waals surface area contributed by atoms with Crippen LogP contribution in [0.3, 0.4) is 0 Å². The molecule has 2 bridgehead atoms. The Morgan fingerprint density at radius 2 is 1.92 bits per heavy atom. The first-order chi connectivity index (χ1) is 17.7. The molecule has 1 aromatic heterocycles. The van der Waals surface area contributed by atoms with Gasteiger partial charge in [-0.15, -0.1) is 0 Å². The van der Waals surface area contributed by atoms with Crippen molar-refractivity contribution in [3.8, 4) is 16.9 Å². The third kappa shape index (κ3) is 3.72. The Bertz CT molecular complexity index is 1380. The molecule has 3 aromatic rings. The Kier molecular flexibility index (Phi) is 5.51. The summed E-state index contributed by atoms with van der Waals surface area (Å²) >= 11 is 0. The molecule has 2 aromatic carbocycles. The lowest BCUT2D eigenvalue weighted by Gasteiger charge is -2.54. The normalized spacial score (nSPS) is 28.4. The van der Waals surface area contributed by atoms with Gasteiger partial charge in [-0.3, -0.25) is 9.80 Å². The summed E-state index contributed by atoms with van der Waals surface area (Å²) in [6.45, 7) is 4.04. The van der Waals surface area contributed by atoms with Gasteiger partial charge in [0.15, 0.2) is 0 Å². The zero-order valence-electron chi connectivity index (χ0n) is 20.7. The van der Waals surface area contributed by atoms with E-state index in [1.807, 2.05) is 42.5 Å². The Hall–Kier alpha value is -2.89. The zero-order chi connectivity index (χ0) is 24.2. The Labute approximate surface area is 212 Å². The number of nitrogens with zero attached hydrogens (tertiary/aromatic N) is 2. The van der Waals surface area contributed by atoms with Crippen LogP contribution in [-0.4, -0.2) is 46.6 Å². The van der Waals surface area contributed by atoms with Crippen LogP contribution in [0.5, 0.6) is 5.75 Å². The van der Waals surface area contributed by atoms with Crippen LogP contribution < -0.4 is 5.63 Å². The van der Waals surface area contributed by atoms with Gasteiger partial charge in [0.1, 0.15) is 11.3 Å². The number of phenols is 1. The first-order valence-corrected chi connectivity index (χ1v) is 13.7. The van der Waals surface area contributed by atoms with Gasteiger partial charge in [0.25, 0.3) is 0 Å². The summed E-state index contributed by atoms with van der Waals surface area (Å²) in [7, 11) is 0. The summed E-state index contributed by atoms with van der Waals surface area (Å²) in [6.07, 6.45) is 10.3. The van der Waals surface area contributed by atoms with Crippen LogP contribution in [0.2, 0.25) is 0 Å². The lowest BCUT2D eigenvalue weighted by molar-refractivity contribution is -0.00274. The van der Waals surface area contributed by atoms with E-state index < -0.39 is 0 Å². The number of hydrogen-bond acceptors (Lipinski definition) is 5. The van der Waals surface area contributed by atoms with Gasteiger partial charge in [0, 0.05) is 30.6 Å². The number of aromatic hydroxyl groups is 1. The maximum atomic E-state index is 13.0. The second kappa shape index (κ2) is 8.89. The molecule has 5 nitrogen and oxygen atoms in total. The number of phenolic OH excluding ortho intramolecular Hbond substituents is 1. The molecule has 0 amide bonds. The highest BCUT2D eigenvalue weighted by Gasteiger charge is 2.46. The summed E-state index contributed by atoms with van der Waals surface area (Å²) < 4.78 is 5.92. The maximum Gasteiger partial charge on any atom is 0.344 e. The summed E-state index contributed by atoms with van der Waals surface area (Å²) in [5.41, 5.74) is 3.91. The monoisotopic (exact) mass is 482 g/mol. The second-order valence-corrected chi connectivity index (χ2v) is 11.3. The minimum Gasteiger partial charge on any atom is -0.507 e. The number of rotatable bonds is 3. The molecular formula is C31H34N2O3. The van der Waals surface area contributed by atoms with Crippen molar-refractivity contribution in [2.24, 2.45) is 11.8 Å². The molecule has 186 valence electrons. The Balaban J connectivity index is 1.24. The van der Waals surface area contributed by atoms with E-state index in [0.717, 1.165) is 35.5 Å². The molecule has 3 fully saturated rings. The van der Waals surface area contributed by atoms with E-state index in [-0.39, 0.29) is 11.4 Å². The van der Waals surface area contributed by atoms with E-state index >= 15 is 0 Å². The average Bonchev–Trinajstić information content (AvgIpc) is 2.91. The SMILES string of the molecule is O=c1oc2c(CN3CCCC4=C[C@H]5C[C@@H](CN6CCCCC56)[C@@H]43)c(O)ccc2cc1-c1ccccc1. The summed E-state index contributed by atoms with van der Waals surface area (Å²) in [5, 5.41) is 11.8. The smallest absolute Gasteiger partial charge is 0.344 e. The molecule has 36 heavy (non-hydrogen) atoms. The van der Waals surface area contributed by atoms with Crippen LogP contribution >= 0.6 is 0 Å². The van der Waals surface area contributed by atoms with Gasteiger partial charge in [0.05, 0.1) is 11.1 Å². The van der Waals surface area contributed by atoms with E-state index in [4.69, 9.17) is 4.42 Å². The predicted molar refractivity (Wildman–Crippen MR) is 142 cm³/mol. The van der Waals surface area contributed by atoms with Crippen LogP contribution in [0.4, 0.5) is 0 Å².